The third-order valence-corrected chi connectivity index (χ3v) is 14.5. The first-order chi connectivity index (χ1) is 39.5. The number of allylic oxidation sites excluding steroid dienone is 18. The molecule has 458 valence electrons. The Morgan fingerprint density at radius 3 is 0.787 bits per heavy atom. The average molecular weight is 1110 g/mol. The third kappa shape index (κ3) is 64.9. The van der Waals surface area contributed by atoms with E-state index >= 15 is 0 Å². The monoisotopic (exact) mass is 1110 g/mol. The highest BCUT2D eigenvalue weighted by atomic mass is 16.6. The normalized spacial score (nSPS) is 12.8. The Morgan fingerprint density at radius 2 is 0.487 bits per heavy atom. The van der Waals surface area contributed by atoms with Crippen molar-refractivity contribution in [2.24, 2.45) is 0 Å². The second-order valence-electron chi connectivity index (χ2n) is 22.3. The van der Waals surface area contributed by atoms with Crippen LogP contribution in [0.25, 0.3) is 0 Å². The van der Waals surface area contributed by atoms with Crippen LogP contribution in [0.3, 0.4) is 0 Å². The predicted molar refractivity (Wildman–Crippen MR) is 348 cm³/mol. The summed E-state index contributed by atoms with van der Waals surface area (Å²) in [5, 5.41) is 0. The van der Waals surface area contributed by atoms with Gasteiger partial charge in [0, 0.05) is 19.3 Å². The maximum Gasteiger partial charge on any atom is 0.306 e. The molecule has 0 heterocycles. The van der Waals surface area contributed by atoms with Crippen LogP contribution in [-0.4, -0.2) is 37.2 Å². The number of hydrogen-bond donors (Lipinski definition) is 0. The first kappa shape index (κ1) is 76.1. The molecule has 0 aliphatic heterocycles. The predicted octanol–water partition coefficient (Wildman–Crippen LogP) is 23.4. The van der Waals surface area contributed by atoms with Crippen molar-refractivity contribution in [1.29, 1.82) is 0 Å². The van der Waals surface area contributed by atoms with Crippen LogP contribution >= 0.6 is 0 Å². The van der Waals surface area contributed by atoms with Gasteiger partial charge in [0.05, 0.1) is 0 Å². The van der Waals surface area contributed by atoms with Crippen molar-refractivity contribution in [2.45, 2.75) is 329 Å². The van der Waals surface area contributed by atoms with Crippen molar-refractivity contribution in [1.82, 2.24) is 0 Å². The van der Waals surface area contributed by atoms with Gasteiger partial charge in [-0.25, -0.2) is 0 Å². The molecule has 0 aromatic carbocycles. The van der Waals surface area contributed by atoms with E-state index in [4.69, 9.17) is 14.2 Å². The lowest BCUT2D eigenvalue weighted by atomic mass is 10.0. The van der Waals surface area contributed by atoms with Crippen LogP contribution in [0.15, 0.2) is 109 Å². The van der Waals surface area contributed by atoms with E-state index in [-0.39, 0.29) is 37.5 Å². The highest BCUT2D eigenvalue weighted by molar-refractivity contribution is 5.71. The molecule has 0 N–H and O–H groups in total. The first-order valence-electron chi connectivity index (χ1n) is 33.9. The standard InChI is InChI=1S/C74H126O6/c1-4-7-10-13-16-19-22-25-28-31-34-35-36-37-38-39-41-43-46-49-52-55-58-61-64-67-73(76)79-70-71(69-78-72(75)66-63-60-57-54-51-48-45-42-33-30-27-24-21-18-15-12-9-6-3)80-74(77)68-65-62-59-56-53-50-47-44-40-32-29-26-23-20-17-14-11-8-5-2/h8,11,17,20-22,24-26,29-31,33-34,40,44,50,53,71H,4-7,9-10,12-16,18-19,23,27-28,32,35-39,41-43,45-49,51-52,54-70H2,1-3H3/b11-8-,20-17-,24-21-,25-22-,29-26-,33-30-,34-31-,44-40-,53-50-. The largest absolute Gasteiger partial charge is 0.462 e. The molecule has 1 unspecified atom stereocenters. The molecule has 6 nitrogen and oxygen atoms in total. The quantitative estimate of drug-likeness (QED) is 0.0261. The minimum atomic E-state index is -0.803. The molecular formula is C74H126O6. The fourth-order valence-corrected chi connectivity index (χ4v) is 9.41. The van der Waals surface area contributed by atoms with Gasteiger partial charge in [0.15, 0.2) is 6.10 Å². The van der Waals surface area contributed by atoms with E-state index < -0.39 is 6.10 Å². The molecular weight excluding hydrogens is 985 g/mol. The summed E-state index contributed by atoms with van der Waals surface area (Å²) >= 11 is 0. The lowest BCUT2D eigenvalue weighted by molar-refractivity contribution is -0.167. The number of carbonyl (C=O) groups excluding carboxylic acids is 3. The molecule has 0 fully saturated rings. The molecule has 0 bridgehead atoms. The fraction of sp³-hybridized carbons (Fsp3) is 0.716. The lowest BCUT2D eigenvalue weighted by Gasteiger charge is -2.18. The third-order valence-electron chi connectivity index (χ3n) is 14.5. The van der Waals surface area contributed by atoms with Crippen molar-refractivity contribution in [2.75, 3.05) is 13.2 Å². The van der Waals surface area contributed by atoms with Crippen LogP contribution in [0.1, 0.15) is 323 Å². The van der Waals surface area contributed by atoms with Crippen molar-refractivity contribution in [3.63, 3.8) is 0 Å². The number of ether oxygens (including phenoxy) is 3. The molecule has 0 radical (unpaired) electrons. The lowest BCUT2D eigenvalue weighted by Crippen LogP contribution is -2.30. The Labute approximate surface area is 495 Å². The molecule has 6 heteroatoms. The van der Waals surface area contributed by atoms with Crippen LogP contribution in [0.5, 0.6) is 0 Å². The minimum absolute atomic E-state index is 0.0945. The molecule has 0 amide bonds. The summed E-state index contributed by atoms with van der Waals surface area (Å²) in [4.78, 5) is 38.4. The van der Waals surface area contributed by atoms with Crippen molar-refractivity contribution in [3.05, 3.63) is 109 Å². The van der Waals surface area contributed by atoms with Crippen LogP contribution in [0, 0.1) is 0 Å². The Morgan fingerprint density at radius 1 is 0.263 bits per heavy atom. The Balaban J connectivity index is 4.41. The number of esters is 3. The van der Waals surface area contributed by atoms with Gasteiger partial charge >= 0.3 is 17.9 Å². The topological polar surface area (TPSA) is 78.9 Å². The zero-order valence-corrected chi connectivity index (χ0v) is 52.6. The smallest absolute Gasteiger partial charge is 0.306 e. The van der Waals surface area contributed by atoms with Crippen molar-refractivity contribution >= 4 is 17.9 Å². The van der Waals surface area contributed by atoms with Crippen LogP contribution in [0.2, 0.25) is 0 Å². The molecule has 0 aliphatic carbocycles. The van der Waals surface area contributed by atoms with Gasteiger partial charge in [-0.3, -0.25) is 14.4 Å². The minimum Gasteiger partial charge on any atom is -0.462 e. The SMILES string of the molecule is CC/C=C\C/C=C\C/C=C\C/C=C\C/C=C\CCCCCC(=O)OC(COC(=O)CCCCCCCCC/C=C\C/C=C\CCCCCC)COC(=O)CCCCCCCCCCCCCCC/C=C\C/C=C\CCCCCCC. The summed E-state index contributed by atoms with van der Waals surface area (Å²) in [7, 11) is 0. The van der Waals surface area contributed by atoms with Crippen LogP contribution in [-0.2, 0) is 28.6 Å². The van der Waals surface area contributed by atoms with E-state index in [1.165, 1.54) is 167 Å². The second-order valence-corrected chi connectivity index (χ2v) is 22.3. The molecule has 0 aliphatic rings. The summed E-state index contributed by atoms with van der Waals surface area (Å²) < 4.78 is 16.9. The summed E-state index contributed by atoms with van der Waals surface area (Å²) in [6.45, 7) is 6.50. The van der Waals surface area contributed by atoms with Gasteiger partial charge in [-0.1, -0.05) is 284 Å². The van der Waals surface area contributed by atoms with E-state index in [1.807, 2.05) is 0 Å². The van der Waals surface area contributed by atoms with Crippen molar-refractivity contribution in [3.8, 4) is 0 Å². The van der Waals surface area contributed by atoms with E-state index in [1.54, 1.807) is 0 Å². The molecule has 0 aromatic rings. The van der Waals surface area contributed by atoms with Crippen LogP contribution in [0.4, 0.5) is 0 Å². The van der Waals surface area contributed by atoms with Gasteiger partial charge < -0.3 is 14.2 Å². The number of rotatable bonds is 61. The highest BCUT2D eigenvalue weighted by Gasteiger charge is 2.19. The molecule has 0 rings (SSSR count). The van der Waals surface area contributed by atoms with Gasteiger partial charge in [0.25, 0.3) is 0 Å². The summed E-state index contributed by atoms with van der Waals surface area (Å²) in [6, 6.07) is 0. The molecule has 1 atom stereocenters. The van der Waals surface area contributed by atoms with E-state index in [0.717, 1.165) is 116 Å². The Bertz CT molecular complexity index is 1610. The number of carbonyl (C=O) groups is 3. The first-order valence-corrected chi connectivity index (χ1v) is 33.9. The fourth-order valence-electron chi connectivity index (χ4n) is 9.41. The van der Waals surface area contributed by atoms with Gasteiger partial charge in [0.1, 0.15) is 13.2 Å². The summed E-state index contributed by atoms with van der Waals surface area (Å²) in [5.41, 5.74) is 0. The molecule has 0 saturated carbocycles. The molecule has 0 spiro atoms. The van der Waals surface area contributed by atoms with Crippen molar-refractivity contribution < 1.29 is 28.6 Å². The van der Waals surface area contributed by atoms with E-state index in [2.05, 4.69) is 130 Å². The molecule has 0 saturated heterocycles. The highest BCUT2D eigenvalue weighted by Crippen LogP contribution is 2.16. The second kappa shape index (κ2) is 67.6. The molecule has 0 aromatic heterocycles. The van der Waals surface area contributed by atoms with Gasteiger partial charge in [-0.2, -0.15) is 0 Å². The maximum atomic E-state index is 12.9. The molecule has 80 heavy (non-hydrogen) atoms. The van der Waals surface area contributed by atoms with Gasteiger partial charge in [0.2, 0.25) is 0 Å². The number of unbranched alkanes of at least 4 members (excludes halogenated alkanes) is 32. The average Bonchev–Trinajstić information content (AvgIpc) is 3.46. The summed E-state index contributed by atoms with van der Waals surface area (Å²) in [5.74, 6) is -0.925. The summed E-state index contributed by atoms with van der Waals surface area (Å²) in [6.07, 6.45) is 92.4. The van der Waals surface area contributed by atoms with Crippen LogP contribution < -0.4 is 0 Å². The zero-order valence-electron chi connectivity index (χ0n) is 52.6. The van der Waals surface area contributed by atoms with E-state index in [0.29, 0.717) is 12.8 Å². The Kier molecular flexibility index (Phi) is 64.3. The zero-order chi connectivity index (χ0) is 57.8. The maximum absolute atomic E-state index is 12.9. The number of hydrogen-bond acceptors (Lipinski definition) is 6. The van der Waals surface area contributed by atoms with Gasteiger partial charge in [-0.05, 0) is 128 Å². The van der Waals surface area contributed by atoms with E-state index in [9.17, 15) is 14.4 Å². The van der Waals surface area contributed by atoms with Gasteiger partial charge in [-0.15, -0.1) is 0 Å². The Hall–Kier alpha value is -3.93.